The standard InChI is InChI=1S/C47H31N5/c1-4-13-37(14-5-1)51(38-15-6-2-7-16-38)46-44-47(49-31-48-46)52(39-17-8-3-9-18-39)45(50-44)34-22-20-32(21-23-34)35-25-27-41-36(30-35)26-29-42-40-19-11-10-12-33(40)24-28-43(41)42/h1-31H. The van der Waals surface area contributed by atoms with Gasteiger partial charge in [0.05, 0.1) is 0 Å². The molecule has 0 saturated carbocycles. The van der Waals surface area contributed by atoms with Gasteiger partial charge in [0.25, 0.3) is 0 Å². The van der Waals surface area contributed by atoms with E-state index in [1.807, 2.05) is 54.6 Å². The summed E-state index contributed by atoms with van der Waals surface area (Å²) in [5.41, 5.74) is 7.72. The van der Waals surface area contributed by atoms with Gasteiger partial charge in [0, 0.05) is 22.6 Å². The quantitative estimate of drug-likeness (QED) is 0.166. The molecule has 52 heavy (non-hydrogen) atoms. The van der Waals surface area contributed by atoms with Gasteiger partial charge in [-0.15, -0.1) is 0 Å². The van der Waals surface area contributed by atoms with Crippen LogP contribution in [0.1, 0.15) is 0 Å². The zero-order chi connectivity index (χ0) is 34.4. The number of benzene rings is 8. The van der Waals surface area contributed by atoms with Gasteiger partial charge in [-0.3, -0.25) is 9.47 Å². The molecule has 0 atom stereocenters. The van der Waals surface area contributed by atoms with Gasteiger partial charge in [-0.1, -0.05) is 140 Å². The fraction of sp³-hybridized carbons (Fsp3) is 0. The maximum Gasteiger partial charge on any atom is 0.170 e. The molecule has 0 saturated heterocycles. The molecule has 0 radical (unpaired) electrons. The van der Waals surface area contributed by atoms with E-state index in [4.69, 9.17) is 15.0 Å². The second kappa shape index (κ2) is 12.3. The lowest BCUT2D eigenvalue weighted by Gasteiger charge is -2.24. The van der Waals surface area contributed by atoms with Crippen LogP contribution in [0, 0.1) is 0 Å². The minimum Gasteiger partial charge on any atom is -0.293 e. The molecule has 0 bridgehead atoms. The highest BCUT2D eigenvalue weighted by atomic mass is 15.2. The van der Waals surface area contributed by atoms with Crippen molar-refractivity contribution < 1.29 is 0 Å². The summed E-state index contributed by atoms with van der Waals surface area (Å²) in [5.74, 6) is 1.51. The van der Waals surface area contributed by atoms with Gasteiger partial charge in [-0.05, 0) is 85.9 Å². The Morgan fingerprint density at radius 2 is 0.981 bits per heavy atom. The van der Waals surface area contributed by atoms with Crippen molar-refractivity contribution >= 4 is 60.7 Å². The monoisotopic (exact) mass is 665 g/mol. The summed E-state index contributed by atoms with van der Waals surface area (Å²) in [4.78, 5) is 17.1. The molecular weight excluding hydrogens is 635 g/mol. The SMILES string of the molecule is c1ccc(N(c2ccccc2)c2ncnc3c2nc(-c2ccc(-c4ccc5c(ccc6c7ccccc7ccc56)c4)cc2)n3-c2ccccc2)cc1. The predicted octanol–water partition coefficient (Wildman–Crippen LogP) is 12.1. The smallest absolute Gasteiger partial charge is 0.170 e. The number of anilines is 3. The molecule has 0 aliphatic rings. The Kier molecular flexibility index (Phi) is 7.07. The average molecular weight is 666 g/mol. The van der Waals surface area contributed by atoms with Crippen molar-refractivity contribution in [3.8, 4) is 28.2 Å². The molecule has 0 fully saturated rings. The molecule has 2 aromatic heterocycles. The first-order valence-corrected chi connectivity index (χ1v) is 17.4. The van der Waals surface area contributed by atoms with E-state index in [1.54, 1.807) is 6.33 Å². The Morgan fingerprint density at radius 1 is 0.423 bits per heavy atom. The lowest BCUT2D eigenvalue weighted by molar-refractivity contribution is 1.06. The predicted molar refractivity (Wildman–Crippen MR) is 215 cm³/mol. The van der Waals surface area contributed by atoms with E-state index in [1.165, 1.54) is 37.9 Å². The maximum absolute atomic E-state index is 5.32. The van der Waals surface area contributed by atoms with Crippen LogP contribution < -0.4 is 4.90 Å². The normalized spacial score (nSPS) is 11.5. The van der Waals surface area contributed by atoms with E-state index in [2.05, 4.69) is 137 Å². The molecule has 244 valence electrons. The van der Waals surface area contributed by atoms with Crippen molar-refractivity contribution in [1.29, 1.82) is 0 Å². The summed E-state index contributed by atoms with van der Waals surface area (Å²) >= 11 is 0. The largest absolute Gasteiger partial charge is 0.293 e. The fourth-order valence-corrected chi connectivity index (χ4v) is 7.43. The molecule has 0 N–H and O–H groups in total. The van der Waals surface area contributed by atoms with Crippen LogP contribution in [0.5, 0.6) is 0 Å². The molecular formula is C47H31N5. The third-order valence-corrected chi connectivity index (χ3v) is 9.90. The number of aromatic nitrogens is 4. The van der Waals surface area contributed by atoms with Crippen LogP contribution in [-0.4, -0.2) is 19.5 Å². The van der Waals surface area contributed by atoms with Gasteiger partial charge >= 0.3 is 0 Å². The van der Waals surface area contributed by atoms with E-state index >= 15 is 0 Å². The zero-order valence-corrected chi connectivity index (χ0v) is 28.1. The van der Waals surface area contributed by atoms with E-state index in [-0.39, 0.29) is 0 Å². The highest BCUT2D eigenvalue weighted by molar-refractivity contribution is 6.17. The Morgan fingerprint density at radius 3 is 1.69 bits per heavy atom. The summed E-state index contributed by atoms with van der Waals surface area (Å²) in [6.07, 6.45) is 1.63. The second-order valence-corrected chi connectivity index (χ2v) is 12.9. The highest BCUT2D eigenvalue weighted by Crippen LogP contribution is 2.39. The van der Waals surface area contributed by atoms with Gasteiger partial charge in [0.1, 0.15) is 12.2 Å². The van der Waals surface area contributed by atoms with Crippen LogP contribution >= 0.6 is 0 Å². The van der Waals surface area contributed by atoms with Gasteiger partial charge in [-0.2, -0.15) is 0 Å². The Labute approximate surface area is 300 Å². The first kappa shape index (κ1) is 29.8. The molecule has 0 spiro atoms. The van der Waals surface area contributed by atoms with Crippen LogP contribution in [0.4, 0.5) is 17.2 Å². The Hall–Kier alpha value is -7.11. The number of rotatable bonds is 6. The van der Waals surface area contributed by atoms with Crippen molar-refractivity contribution in [2.45, 2.75) is 0 Å². The van der Waals surface area contributed by atoms with Crippen molar-refractivity contribution in [3.63, 3.8) is 0 Å². The Balaban J connectivity index is 1.09. The molecule has 0 amide bonds. The summed E-state index contributed by atoms with van der Waals surface area (Å²) in [5, 5.41) is 7.60. The van der Waals surface area contributed by atoms with Gasteiger partial charge in [0.2, 0.25) is 0 Å². The number of fused-ring (bicyclic) bond motifs is 6. The summed E-state index contributed by atoms with van der Waals surface area (Å²) < 4.78 is 2.13. The van der Waals surface area contributed by atoms with Gasteiger partial charge in [-0.25, -0.2) is 15.0 Å². The molecule has 5 nitrogen and oxygen atoms in total. The number of para-hydroxylation sites is 3. The summed E-state index contributed by atoms with van der Waals surface area (Å²) in [6, 6.07) is 63.9. The van der Waals surface area contributed by atoms with Crippen molar-refractivity contribution in [2.75, 3.05) is 4.90 Å². The maximum atomic E-state index is 5.32. The van der Waals surface area contributed by atoms with E-state index in [0.717, 1.165) is 39.7 Å². The molecule has 2 heterocycles. The summed E-state index contributed by atoms with van der Waals surface area (Å²) in [6.45, 7) is 0. The van der Waals surface area contributed by atoms with Crippen LogP contribution in [0.3, 0.4) is 0 Å². The molecule has 10 rings (SSSR count). The van der Waals surface area contributed by atoms with Crippen LogP contribution in [0.2, 0.25) is 0 Å². The van der Waals surface area contributed by atoms with Gasteiger partial charge < -0.3 is 0 Å². The number of nitrogens with zero attached hydrogens (tertiary/aromatic N) is 5. The fourth-order valence-electron chi connectivity index (χ4n) is 7.43. The van der Waals surface area contributed by atoms with E-state index in [9.17, 15) is 0 Å². The van der Waals surface area contributed by atoms with E-state index < -0.39 is 0 Å². The lowest BCUT2D eigenvalue weighted by Crippen LogP contribution is -2.12. The van der Waals surface area contributed by atoms with Crippen LogP contribution in [0.25, 0.3) is 71.7 Å². The van der Waals surface area contributed by atoms with E-state index in [0.29, 0.717) is 11.3 Å². The molecule has 0 aliphatic carbocycles. The first-order chi connectivity index (χ1) is 25.8. The number of hydrogen-bond acceptors (Lipinski definition) is 4. The molecule has 8 aromatic carbocycles. The van der Waals surface area contributed by atoms with Crippen molar-refractivity contribution in [2.24, 2.45) is 0 Å². The van der Waals surface area contributed by atoms with Crippen molar-refractivity contribution in [1.82, 2.24) is 19.5 Å². The zero-order valence-electron chi connectivity index (χ0n) is 28.1. The first-order valence-electron chi connectivity index (χ1n) is 17.4. The van der Waals surface area contributed by atoms with Crippen LogP contribution in [0.15, 0.2) is 188 Å². The topological polar surface area (TPSA) is 46.8 Å². The molecule has 0 unspecified atom stereocenters. The van der Waals surface area contributed by atoms with Gasteiger partial charge in [0.15, 0.2) is 17.0 Å². The molecule has 5 heteroatoms. The third kappa shape index (κ3) is 4.98. The average Bonchev–Trinajstić information content (AvgIpc) is 3.62. The van der Waals surface area contributed by atoms with Crippen molar-refractivity contribution in [3.05, 3.63) is 188 Å². The number of imidazole rings is 1. The third-order valence-electron chi connectivity index (χ3n) is 9.90. The Bertz CT molecular complexity index is 2840. The molecule has 10 aromatic rings. The minimum absolute atomic E-state index is 0.714. The molecule has 0 aliphatic heterocycles. The number of hydrogen-bond donors (Lipinski definition) is 0. The highest BCUT2D eigenvalue weighted by Gasteiger charge is 2.23. The van der Waals surface area contributed by atoms with Crippen LogP contribution in [-0.2, 0) is 0 Å². The second-order valence-electron chi connectivity index (χ2n) is 12.9. The lowest BCUT2D eigenvalue weighted by atomic mass is 9.94. The summed E-state index contributed by atoms with van der Waals surface area (Å²) in [7, 11) is 0. The minimum atomic E-state index is 0.714.